The molecule has 0 bridgehead atoms. The highest BCUT2D eigenvalue weighted by Crippen LogP contribution is 2.32. The largest absolute Gasteiger partial charge is 0.433 e. The lowest BCUT2D eigenvalue weighted by Gasteiger charge is -2.28. The van der Waals surface area contributed by atoms with Gasteiger partial charge in [0.05, 0.1) is 0 Å². The molecule has 0 N–H and O–H groups in total. The fourth-order valence-electron chi connectivity index (χ4n) is 2.64. The molecule has 4 nitrogen and oxygen atoms in total. The number of alkyl halides is 3. The Balaban J connectivity index is 2.15. The van der Waals surface area contributed by atoms with Crippen molar-refractivity contribution in [2.45, 2.75) is 32.4 Å². The first kappa shape index (κ1) is 13.2. The molecule has 108 valence electrons. The maximum Gasteiger partial charge on any atom is 0.433 e. The number of fused-ring (bicyclic) bond motifs is 1. The molecule has 0 amide bonds. The van der Waals surface area contributed by atoms with E-state index in [1.807, 2.05) is 4.90 Å². The van der Waals surface area contributed by atoms with Crippen LogP contribution in [0.2, 0.25) is 0 Å². The van der Waals surface area contributed by atoms with Gasteiger partial charge in [0.2, 0.25) is 0 Å². The van der Waals surface area contributed by atoms with Gasteiger partial charge in [-0.3, -0.25) is 0 Å². The standard InChI is InChI=1S/C13H15F3N4/c1-9-17-12(19-7-3-2-4-8-19)10-5-6-11(13(14,15)16)20(10)18-9/h5-6H,2-4,7-8H2,1H3. The molecule has 1 aliphatic rings. The summed E-state index contributed by atoms with van der Waals surface area (Å²) < 4.78 is 39.9. The van der Waals surface area contributed by atoms with Gasteiger partial charge in [-0.1, -0.05) is 0 Å². The Morgan fingerprint density at radius 3 is 2.45 bits per heavy atom. The predicted octanol–water partition coefficient (Wildman–Crippen LogP) is 3.05. The molecule has 0 saturated carbocycles. The average molecular weight is 284 g/mol. The Labute approximate surface area is 114 Å². The van der Waals surface area contributed by atoms with Crippen LogP contribution in [0.15, 0.2) is 12.1 Å². The van der Waals surface area contributed by atoms with Crippen molar-refractivity contribution >= 4 is 11.3 Å². The first-order valence-corrected chi connectivity index (χ1v) is 6.65. The van der Waals surface area contributed by atoms with Crippen LogP contribution in [0.25, 0.3) is 5.52 Å². The van der Waals surface area contributed by atoms with Gasteiger partial charge in [-0.05, 0) is 38.3 Å². The minimum Gasteiger partial charge on any atom is -0.355 e. The van der Waals surface area contributed by atoms with Crippen LogP contribution in [-0.2, 0) is 6.18 Å². The number of piperidine rings is 1. The first-order chi connectivity index (χ1) is 9.47. The topological polar surface area (TPSA) is 33.4 Å². The Hall–Kier alpha value is -1.79. The van der Waals surface area contributed by atoms with E-state index in [0.29, 0.717) is 17.2 Å². The third-order valence-electron chi connectivity index (χ3n) is 3.54. The molecule has 0 spiro atoms. The Morgan fingerprint density at radius 1 is 1.10 bits per heavy atom. The van der Waals surface area contributed by atoms with Crippen molar-refractivity contribution < 1.29 is 13.2 Å². The lowest BCUT2D eigenvalue weighted by Crippen LogP contribution is -2.31. The molecule has 3 heterocycles. The summed E-state index contributed by atoms with van der Waals surface area (Å²) in [6.07, 6.45) is -1.16. The molecule has 0 atom stereocenters. The molecule has 2 aromatic heterocycles. The quantitative estimate of drug-likeness (QED) is 0.807. The van der Waals surface area contributed by atoms with E-state index >= 15 is 0 Å². The van der Waals surface area contributed by atoms with Crippen molar-refractivity contribution in [3.8, 4) is 0 Å². The van der Waals surface area contributed by atoms with Crippen LogP contribution in [0, 0.1) is 6.92 Å². The van der Waals surface area contributed by atoms with Crippen LogP contribution in [0.5, 0.6) is 0 Å². The van der Waals surface area contributed by atoms with Gasteiger partial charge in [0.25, 0.3) is 0 Å². The third kappa shape index (κ3) is 2.21. The molecule has 0 aliphatic carbocycles. The highest BCUT2D eigenvalue weighted by Gasteiger charge is 2.35. The third-order valence-corrected chi connectivity index (χ3v) is 3.54. The van der Waals surface area contributed by atoms with Crippen molar-refractivity contribution in [3.63, 3.8) is 0 Å². The van der Waals surface area contributed by atoms with Crippen molar-refractivity contribution in [3.05, 3.63) is 23.7 Å². The molecule has 0 unspecified atom stereocenters. The fraction of sp³-hybridized carbons (Fsp3) is 0.538. The number of rotatable bonds is 1. The van der Waals surface area contributed by atoms with E-state index in [2.05, 4.69) is 10.1 Å². The number of aryl methyl sites for hydroxylation is 1. The zero-order valence-corrected chi connectivity index (χ0v) is 11.1. The van der Waals surface area contributed by atoms with E-state index in [9.17, 15) is 13.2 Å². The Kier molecular flexibility index (Phi) is 3.07. The normalized spacial score (nSPS) is 16.9. The summed E-state index contributed by atoms with van der Waals surface area (Å²) >= 11 is 0. The molecule has 20 heavy (non-hydrogen) atoms. The Bertz CT molecular complexity index is 626. The van der Waals surface area contributed by atoms with E-state index in [0.717, 1.165) is 42.9 Å². The van der Waals surface area contributed by atoms with E-state index in [4.69, 9.17) is 0 Å². The van der Waals surface area contributed by atoms with Gasteiger partial charge in [0.15, 0.2) is 5.82 Å². The van der Waals surface area contributed by atoms with Gasteiger partial charge >= 0.3 is 6.18 Å². The second kappa shape index (κ2) is 4.64. The van der Waals surface area contributed by atoms with Crippen LogP contribution in [0.4, 0.5) is 19.0 Å². The lowest BCUT2D eigenvalue weighted by molar-refractivity contribution is -0.142. The van der Waals surface area contributed by atoms with E-state index < -0.39 is 11.9 Å². The summed E-state index contributed by atoms with van der Waals surface area (Å²) in [4.78, 5) is 6.40. The van der Waals surface area contributed by atoms with Crippen molar-refractivity contribution in [1.29, 1.82) is 0 Å². The van der Waals surface area contributed by atoms with E-state index in [-0.39, 0.29) is 0 Å². The molecule has 7 heteroatoms. The minimum atomic E-state index is -4.41. The molecule has 0 aromatic carbocycles. The van der Waals surface area contributed by atoms with Gasteiger partial charge in [-0.2, -0.15) is 18.3 Å². The second-order valence-electron chi connectivity index (χ2n) is 5.04. The molecular formula is C13H15F3N4. The molecule has 1 aliphatic heterocycles. The van der Waals surface area contributed by atoms with Gasteiger partial charge < -0.3 is 4.90 Å². The SMILES string of the molecule is Cc1nc(N2CCCCC2)c2ccc(C(F)(F)F)n2n1. The smallest absolute Gasteiger partial charge is 0.355 e. The van der Waals surface area contributed by atoms with Crippen molar-refractivity contribution in [1.82, 2.24) is 14.6 Å². The van der Waals surface area contributed by atoms with Crippen molar-refractivity contribution in [2.24, 2.45) is 0 Å². The van der Waals surface area contributed by atoms with Crippen LogP contribution in [0.3, 0.4) is 0 Å². The van der Waals surface area contributed by atoms with Gasteiger partial charge in [0.1, 0.15) is 17.0 Å². The zero-order valence-electron chi connectivity index (χ0n) is 11.1. The highest BCUT2D eigenvalue weighted by molar-refractivity contribution is 5.69. The average Bonchev–Trinajstić information content (AvgIpc) is 2.82. The number of hydrogen-bond acceptors (Lipinski definition) is 3. The van der Waals surface area contributed by atoms with Gasteiger partial charge in [-0.15, -0.1) is 0 Å². The van der Waals surface area contributed by atoms with E-state index in [1.165, 1.54) is 6.07 Å². The molecule has 3 rings (SSSR count). The predicted molar refractivity (Wildman–Crippen MR) is 68.8 cm³/mol. The summed E-state index contributed by atoms with van der Waals surface area (Å²) in [5.41, 5.74) is -0.332. The van der Waals surface area contributed by atoms with Crippen LogP contribution in [-0.4, -0.2) is 27.7 Å². The van der Waals surface area contributed by atoms with Crippen molar-refractivity contribution in [2.75, 3.05) is 18.0 Å². The highest BCUT2D eigenvalue weighted by atomic mass is 19.4. The first-order valence-electron chi connectivity index (χ1n) is 6.65. The minimum absolute atomic E-state index is 0.347. The number of hydrogen-bond donors (Lipinski definition) is 0. The number of nitrogens with zero attached hydrogens (tertiary/aromatic N) is 4. The molecule has 1 fully saturated rings. The molecular weight excluding hydrogens is 269 g/mol. The second-order valence-corrected chi connectivity index (χ2v) is 5.04. The monoisotopic (exact) mass is 284 g/mol. The molecule has 1 saturated heterocycles. The Morgan fingerprint density at radius 2 is 1.80 bits per heavy atom. The zero-order chi connectivity index (χ0) is 14.3. The van der Waals surface area contributed by atoms with E-state index in [1.54, 1.807) is 6.92 Å². The van der Waals surface area contributed by atoms with Gasteiger partial charge in [0, 0.05) is 13.1 Å². The maximum absolute atomic E-state index is 13.0. The summed E-state index contributed by atoms with van der Waals surface area (Å²) in [6.45, 7) is 3.28. The van der Waals surface area contributed by atoms with Crippen LogP contribution in [0.1, 0.15) is 30.8 Å². The molecule has 0 radical (unpaired) electrons. The maximum atomic E-state index is 13.0. The summed E-state index contributed by atoms with van der Waals surface area (Å²) in [7, 11) is 0. The molecule has 2 aromatic rings. The van der Waals surface area contributed by atoms with Gasteiger partial charge in [-0.25, -0.2) is 9.50 Å². The number of anilines is 1. The summed E-state index contributed by atoms with van der Waals surface area (Å²) in [5, 5.41) is 3.92. The number of aromatic nitrogens is 3. The van der Waals surface area contributed by atoms with Crippen LogP contribution >= 0.6 is 0 Å². The van der Waals surface area contributed by atoms with Crippen LogP contribution < -0.4 is 4.90 Å². The summed E-state index contributed by atoms with van der Waals surface area (Å²) in [5.74, 6) is 0.951. The lowest BCUT2D eigenvalue weighted by atomic mass is 10.1. The number of halogens is 3. The summed E-state index contributed by atoms with van der Waals surface area (Å²) in [6, 6.07) is 2.52. The fourth-order valence-corrected chi connectivity index (χ4v) is 2.64.